The molecule has 0 fully saturated rings. The van der Waals surface area contributed by atoms with Crippen LogP contribution < -0.4 is 14.3 Å². The molecule has 0 unspecified atom stereocenters. The predicted molar refractivity (Wildman–Crippen MR) is 53.4 cm³/mol. The van der Waals surface area contributed by atoms with Crippen LogP contribution in [0.1, 0.15) is 0 Å². The third-order valence-electron chi connectivity index (χ3n) is 2.08. The lowest BCUT2D eigenvalue weighted by atomic mass is 10.3. The van der Waals surface area contributed by atoms with Crippen LogP contribution >= 0.6 is 11.3 Å². The van der Waals surface area contributed by atoms with Gasteiger partial charge in [0.05, 0.1) is 10.2 Å². The largest absolute Gasteiger partial charge is 0.486 e. The Morgan fingerprint density at radius 2 is 1.93 bits per heavy atom. The number of nitrogens with one attached hydrogen (secondary N) is 1. The van der Waals surface area contributed by atoms with Gasteiger partial charge in [0.25, 0.3) is 0 Å². The fourth-order valence-electron chi connectivity index (χ4n) is 1.49. The van der Waals surface area contributed by atoms with Crippen molar-refractivity contribution in [3.05, 3.63) is 21.8 Å². The van der Waals surface area contributed by atoms with E-state index in [1.54, 1.807) is 0 Å². The molecule has 0 spiro atoms. The molecule has 0 aliphatic carbocycles. The highest BCUT2D eigenvalue weighted by Gasteiger charge is 2.13. The Labute approximate surface area is 83.1 Å². The van der Waals surface area contributed by atoms with Crippen molar-refractivity contribution in [1.29, 1.82) is 0 Å². The smallest absolute Gasteiger partial charge is 0.305 e. The summed E-state index contributed by atoms with van der Waals surface area (Å²) in [6.45, 7) is 1.13. The second-order valence-electron chi connectivity index (χ2n) is 3.01. The van der Waals surface area contributed by atoms with Crippen molar-refractivity contribution in [2.75, 3.05) is 13.2 Å². The van der Waals surface area contributed by atoms with E-state index in [1.807, 2.05) is 12.1 Å². The van der Waals surface area contributed by atoms with Crippen LogP contribution in [0.2, 0.25) is 0 Å². The summed E-state index contributed by atoms with van der Waals surface area (Å²) in [5.74, 6) is 1.43. The summed E-state index contributed by atoms with van der Waals surface area (Å²) in [5.41, 5.74) is 0.809. The summed E-state index contributed by atoms with van der Waals surface area (Å²) in [6.07, 6.45) is 0. The van der Waals surface area contributed by atoms with Crippen molar-refractivity contribution in [3.63, 3.8) is 0 Å². The van der Waals surface area contributed by atoms with Gasteiger partial charge in [-0.25, -0.2) is 0 Å². The lowest BCUT2D eigenvalue weighted by molar-refractivity contribution is 0.172. The minimum absolute atomic E-state index is 0.0534. The van der Waals surface area contributed by atoms with Gasteiger partial charge in [0.1, 0.15) is 13.2 Å². The number of aromatic nitrogens is 1. The molecule has 0 radical (unpaired) electrons. The van der Waals surface area contributed by atoms with E-state index in [2.05, 4.69) is 4.98 Å². The van der Waals surface area contributed by atoms with E-state index in [9.17, 15) is 4.79 Å². The SMILES string of the molecule is O=c1[nH]c2cc3c(cc2s1)OCCO3. The lowest BCUT2D eigenvalue weighted by Gasteiger charge is -2.17. The van der Waals surface area contributed by atoms with Crippen molar-refractivity contribution in [1.82, 2.24) is 4.98 Å². The molecule has 2 heterocycles. The van der Waals surface area contributed by atoms with Crippen LogP contribution in [0.3, 0.4) is 0 Å². The number of H-pyrrole nitrogens is 1. The number of hydrogen-bond acceptors (Lipinski definition) is 4. The quantitative estimate of drug-likeness (QED) is 0.712. The molecule has 0 bridgehead atoms. The highest BCUT2D eigenvalue weighted by Crippen LogP contribution is 2.34. The maximum atomic E-state index is 11.1. The molecule has 1 aromatic heterocycles. The highest BCUT2D eigenvalue weighted by atomic mass is 32.1. The normalized spacial score (nSPS) is 14.6. The molecule has 14 heavy (non-hydrogen) atoms. The van der Waals surface area contributed by atoms with E-state index in [4.69, 9.17) is 9.47 Å². The number of ether oxygens (including phenoxy) is 2. The second-order valence-corrected chi connectivity index (χ2v) is 4.02. The van der Waals surface area contributed by atoms with E-state index in [1.165, 1.54) is 11.3 Å². The van der Waals surface area contributed by atoms with Crippen LogP contribution in [-0.4, -0.2) is 18.2 Å². The van der Waals surface area contributed by atoms with E-state index in [-0.39, 0.29) is 4.87 Å². The molecule has 5 heteroatoms. The van der Waals surface area contributed by atoms with Crippen LogP contribution in [0.4, 0.5) is 0 Å². The minimum Gasteiger partial charge on any atom is -0.486 e. The van der Waals surface area contributed by atoms with Crippen LogP contribution in [0.5, 0.6) is 11.5 Å². The fourth-order valence-corrected chi connectivity index (χ4v) is 2.23. The van der Waals surface area contributed by atoms with Gasteiger partial charge >= 0.3 is 4.87 Å². The van der Waals surface area contributed by atoms with Gasteiger partial charge in [-0.05, 0) is 0 Å². The van der Waals surface area contributed by atoms with Crippen LogP contribution in [0.15, 0.2) is 16.9 Å². The first-order valence-corrected chi connectivity index (χ1v) is 5.07. The van der Waals surface area contributed by atoms with Gasteiger partial charge in [-0.3, -0.25) is 4.79 Å². The second kappa shape index (κ2) is 2.75. The van der Waals surface area contributed by atoms with E-state index in [0.717, 1.165) is 16.0 Å². The molecule has 0 atom stereocenters. The Bertz CT molecular complexity index is 496. The molecular formula is C9H7NO3S. The van der Waals surface area contributed by atoms with Crippen molar-refractivity contribution in [2.24, 2.45) is 0 Å². The van der Waals surface area contributed by atoms with Gasteiger partial charge in [0, 0.05) is 12.1 Å². The first kappa shape index (κ1) is 7.87. The van der Waals surface area contributed by atoms with Crippen LogP contribution in [-0.2, 0) is 0 Å². The molecule has 1 aromatic carbocycles. The summed E-state index contributed by atoms with van der Waals surface area (Å²) < 4.78 is 11.7. The molecular weight excluding hydrogens is 202 g/mol. The maximum Gasteiger partial charge on any atom is 0.305 e. The average Bonchev–Trinajstić information content (AvgIpc) is 2.53. The fraction of sp³-hybridized carbons (Fsp3) is 0.222. The zero-order chi connectivity index (χ0) is 9.54. The molecule has 1 N–H and O–H groups in total. The van der Waals surface area contributed by atoms with Crippen LogP contribution in [0.25, 0.3) is 10.2 Å². The summed E-state index contributed by atoms with van der Waals surface area (Å²) in [4.78, 5) is 13.8. The van der Waals surface area contributed by atoms with Gasteiger partial charge in [-0.1, -0.05) is 11.3 Å². The number of rotatable bonds is 0. The number of hydrogen-bond donors (Lipinski definition) is 1. The molecule has 1 aliphatic heterocycles. The van der Waals surface area contributed by atoms with E-state index < -0.39 is 0 Å². The topological polar surface area (TPSA) is 51.3 Å². The zero-order valence-electron chi connectivity index (χ0n) is 7.20. The molecule has 2 aromatic rings. The van der Waals surface area contributed by atoms with Gasteiger partial charge in [0.2, 0.25) is 0 Å². The third kappa shape index (κ3) is 1.09. The van der Waals surface area contributed by atoms with Crippen molar-refractivity contribution in [3.8, 4) is 11.5 Å². The zero-order valence-corrected chi connectivity index (χ0v) is 8.02. The maximum absolute atomic E-state index is 11.1. The summed E-state index contributed by atoms with van der Waals surface area (Å²) in [5, 5.41) is 0. The lowest BCUT2D eigenvalue weighted by Crippen LogP contribution is -2.15. The van der Waals surface area contributed by atoms with E-state index in [0.29, 0.717) is 19.0 Å². The molecule has 0 saturated carbocycles. The summed E-state index contributed by atoms with van der Waals surface area (Å²) in [7, 11) is 0. The van der Waals surface area contributed by atoms with Crippen LogP contribution in [0, 0.1) is 0 Å². The number of thiazole rings is 1. The molecule has 0 amide bonds. The number of fused-ring (bicyclic) bond motifs is 2. The summed E-state index contributed by atoms with van der Waals surface area (Å²) in [6, 6.07) is 3.65. The Balaban J connectivity index is 2.31. The summed E-state index contributed by atoms with van der Waals surface area (Å²) >= 11 is 1.18. The van der Waals surface area contributed by atoms with Gasteiger partial charge in [0.15, 0.2) is 11.5 Å². The molecule has 3 rings (SSSR count). The minimum atomic E-state index is -0.0534. The molecule has 4 nitrogen and oxygen atoms in total. The Morgan fingerprint density at radius 3 is 2.71 bits per heavy atom. The van der Waals surface area contributed by atoms with Gasteiger partial charge in [-0.2, -0.15) is 0 Å². The highest BCUT2D eigenvalue weighted by molar-refractivity contribution is 7.16. The first-order chi connectivity index (χ1) is 6.83. The third-order valence-corrected chi connectivity index (χ3v) is 2.93. The standard InChI is InChI=1S/C9H7NO3S/c11-9-10-5-3-6-7(4-8(5)14-9)13-2-1-12-6/h3-4H,1-2H2,(H,10,11). The average molecular weight is 209 g/mol. The van der Waals surface area contributed by atoms with Gasteiger partial charge < -0.3 is 14.5 Å². The number of benzene rings is 1. The Morgan fingerprint density at radius 1 is 1.21 bits per heavy atom. The van der Waals surface area contributed by atoms with Gasteiger partial charge in [-0.15, -0.1) is 0 Å². The monoisotopic (exact) mass is 209 g/mol. The Hall–Kier alpha value is -1.49. The van der Waals surface area contributed by atoms with E-state index >= 15 is 0 Å². The van der Waals surface area contributed by atoms with Crippen molar-refractivity contribution in [2.45, 2.75) is 0 Å². The Kier molecular flexibility index (Phi) is 1.55. The number of aromatic amines is 1. The first-order valence-electron chi connectivity index (χ1n) is 4.25. The van der Waals surface area contributed by atoms with Crippen molar-refractivity contribution >= 4 is 21.6 Å². The predicted octanol–water partition coefficient (Wildman–Crippen LogP) is 1.36. The molecule has 0 saturated heterocycles. The molecule has 1 aliphatic rings. The molecule has 72 valence electrons. The van der Waals surface area contributed by atoms with Crippen molar-refractivity contribution < 1.29 is 9.47 Å².